The third kappa shape index (κ3) is 3.61. The van der Waals surface area contributed by atoms with Crippen LogP contribution in [0.15, 0.2) is 30.5 Å². The first-order valence-corrected chi connectivity index (χ1v) is 7.44. The number of aliphatic hydroxyl groups excluding tert-OH is 1. The molecule has 0 saturated carbocycles. The molecule has 9 heteroatoms. The zero-order valence-corrected chi connectivity index (χ0v) is 13.1. The van der Waals surface area contributed by atoms with Crippen molar-refractivity contribution in [3.05, 3.63) is 65.0 Å². The Labute approximate surface area is 140 Å². The SMILES string of the molecule is CCc1cc(Nc2ccnc(C(O)c3cc(F)c(F)c(F)c3)n2)n[nH]1. The second-order valence-electron chi connectivity index (χ2n) is 5.26. The summed E-state index contributed by atoms with van der Waals surface area (Å²) in [4.78, 5) is 7.99. The van der Waals surface area contributed by atoms with Crippen molar-refractivity contribution < 1.29 is 18.3 Å². The van der Waals surface area contributed by atoms with E-state index in [4.69, 9.17) is 0 Å². The zero-order valence-electron chi connectivity index (χ0n) is 13.1. The quantitative estimate of drug-likeness (QED) is 0.617. The molecule has 3 aromatic rings. The maximum atomic E-state index is 13.3. The Morgan fingerprint density at radius 3 is 2.52 bits per heavy atom. The van der Waals surface area contributed by atoms with Crippen LogP contribution in [-0.2, 0) is 6.42 Å². The van der Waals surface area contributed by atoms with Crippen molar-refractivity contribution in [2.45, 2.75) is 19.4 Å². The number of nitrogens with zero attached hydrogens (tertiary/aromatic N) is 3. The number of nitrogens with one attached hydrogen (secondary N) is 2. The lowest BCUT2D eigenvalue weighted by Gasteiger charge is -2.11. The number of aryl methyl sites for hydroxylation is 1. The Kier molecular flexibility index (Phi) is 4.66. The average molecular weight is 349 g/mol. The van der Waals surface area contributed by atoms with E-state index in [1.54, 1.807) is 12.1 Å². The highest BCUT2D eigenvalue weighted by Gasteiger charge is 2.19. The van der Waals surface area contributed by atoms with E-state index in [1.165, 1.54) is 6.20 Å². The van der Waals surface area contributed by atoms with Gasteiger partial charge in [-0.3, -0.25) is 5.10 Å². The van der Waals surface area contributed by atoms with E-state index < -0.39 is 23.6 Å². The molecule has 1 aromatic carbocycles. The highest BCUT2D eigenvalue weighted by Crippen LogP contribution is 2.24. The predicted molar refractivity (Wildman–Crippen MR) is 83.7 cm³/mol. The minimum Gasteiger partial charge on any atom is -0.380 e. The van der Waals surface area contributed by atoms with Crippen LogP contribution in [0.3, 0.4) is 0 Å². The molecule has 2 aromatic heterocycles. The standard InChI is InChI=1S/C16H14F3N5O/c1-2-9-7-13(24-23-9)21-12-3-4-20-16(22-12)15(25)8-5-10(17)14(19)11(18)6-8/h3-7,15,25H,2H2,1H3,(H2,20,21,22,23,24). The lowest BCUT2D eigenvalue weighted by Crippen LogP contribution is -2.08. The number of aromatic nitrogens is 4. The van der Waals surface area contributed by atoms with E-state index >= 15 is 0 Å². The monoisotopic (exact) mass is 349 g/mol. The Balaban J connectivity index is 1.85. The summed E-state index contributed by atoms with van der Waals surface area (Å²) in [5.41, 5.74) is 0.732. The van der Waals surface area contributed by atoms with Gasteiger partial charge in [0, 0.05) is 18.0 Å². The third-order valence-corrected chi connectivity index (χ3v) is 3.51. The van der Waals surface area contributed by atoms with Crippen molar-refractivity contribution in [1.82, 2.24) is 20.2 Å². The summed E-state index contributed by atoms with van der Waals surface area (Å²) in [6.45, 7) is 1.97. The lowest BCUT2D eigenvalue weighted by molar-refractivity contribution is 0.208. The number of hydrogen-bond acceptors (Lipinski definition) is 5. The van der Waals surface area contributed by atoms with Crippen molar-refractivity contribution in [1.29, 1.82) is 0 Å². The fraction of sp³-hybridized carbons (Fsp3) is 0.188. The van der Waals surface area contributed by atoms with Crippen LogP contribution in [0.4, 0.5) is 24.8 Å². The maximum Gasteiger partial charge on any atom is 0.194 e. The van der Waals surface area contributed by atoms with Gasteiger partial charge in [-0.25, -0.2) is 23.1 Å². The van der Waals surface area contributed by atoms with Crippen LogP contribution in [0.1, 0.15) is 30.1 Å². The Morgan fingerprint density at radius 1 is 1.16 bits per heavy atom. The molecule has 0 saturated heterocycles. The summed E-state index contributed by atoms with van der Waals surface area (Å²) in [6.07, 6.45) is 0.637. The molecule has 0 aliphatic rings. The molecule has 0 amide bonds. The molecule has 0 spiro atoms. The van der Waals surface area contributed by atoms with E-state index in [0.717, 1.165) is 12.1 Å². The number of aliphatic hydroxyl groups is 1. The number of H-pyrrole nitrogens is 1. The van der Waals surface area contributed by atoms with Crippen molar-refractivity contribution >= 4 is 11.6 Å². The van der Waals surface area contributed by atoms with Gasteiger partial charge in [0.2, 0.25) is 0 Å². The fourth-order valence-corrected chi connectivity index (χ4v) is 2.20. The maximum absolute atomic E-state index is 13.3. The molecular weight excluding hydrogens is 335 g/mol. The Hall–Kier alpha value is -2.94. The van der Waals surface area contributed by atoms with Gasteiger partial charge in [-0.2, -0.15) is 5.10 Å². The van der Waals surface area contributed by atoms with Crippen molar-refractivity contribution in [3.63, 3.8) is 0 Å². The first-order valence-electron chi connectivity index (χ1n) is 7.44. The molecular formula is C16H14F3N5O. The van der Waals surface area contributed by atoms with Crippen molar-refractivity contribution in [2.24, 2.45) is 0 Å². The van der Waals surface area contributed by atoms with Gasteiger partial charge in [0.25, 0.3) is 0 Å². The molecule has 3 rings (SSSR count). The van der Waals surface area contributed by atoms with E-state index in [2.05, 4.69) is 25.5 Å². The first kappa shape index (κ1) is 16.9. The highest BCUT2D eigenvalue weighted by atomic mass is 19.2. The minimum absolute atomic E-state index is 0.0957. The summed E-state index contributed by atoms with van der Waals surface area (Å²) in [6, 6.07) is 4.74. The summed E-state index contributed by atoms with van der Waals surface area (Å²) in [7, 11) is 0. The van der Waals surface area contributed by atoms with Crippen LogP contribution in [0.25, 0.3) is 0 Å². The number of hydrogen-bond donors (Lipinski definition) is 3. The number of benzene rings is 1. The van der Waals surface area contributed by atoms with Crippen LogP contribution in [0.2, 0.25) is 0 Å². The first-order chi connectivity index (χ1) is 12.0. The van der Waals surface area contributed by atoms with Crippen LogP contribution < -0.4 is 5.32 Å². The molecule has 0 aliphatic heterocycles. The molecule has 1 unspecified atom stereocenters. The summed E-state index contributed by atoms with van der Waals surface area (Å²) >= 11 is 0. The topological polar surface area (TPSA) is 86.7 Å². The van der Waals surface area contributed by atoms with Gasteiger partial charge in [-0.1, -0.05) is 6.92 Å². The van der Waals surface area contributed by atoms with Gasteiger partial charge in [-0.05, 0) is 30.2 Å². The summed E-state index contributed by atoms with van der Waals surface area (Å²) in [5.74, 6) is -3.63. The van der Waals surface area contributed by atoms with E-state index in [0.29, 0.717) is 23.8 Å². The predicted octanol–water partition coefficient (Wildman–Crippen LogP) is 3.00. The third-order valence-electron chi connectivity index (χ3n) is 3.51. The second kappa shape index (κ2) is 6.89. The van der Waals surface area contributed by atoms with Crippen molar-refractivity contribution in [3.8, 4) is 0 Å². The average Bonchev–Trinajstić information content (AvgIpc) is 3.06. The van der Waals surface area contributed by atoms with Gasteiger partial charge < -0.3 is 10.4 Å². The summed E-state index contributed by atoms with van der Waals surface area (Å²) < 4.78 is 39.7. The number of halogens is 3. The van der Waals surface area contributed by atoms with Crippen LogP contribution >= 0.6 is 0 Å². The van der Waals surface area contributed by atoms with E-state index in [-0.39, 0.29) is 11.4 Å². The van der Waals surface area contributed by atoms with Gasteiger partial charge >= 0.3 is 0 Å². The molecule has 2 heterocycles. The van der Waals surface area contributed by atoms with Crippen LogP contribution in [-0.4, -0.2) is 25.3 Å². The molecule has 3 N–H and O–H groups in total. The van der Waals surface area contributed by atoms with Gasteiger partial charge in [0.1, 0.15) is 11.9 Å². The Morgan fingerprint density at radius 2 is 1.88 bits per heavy atom. The number of aromatic amines is 1. The molecule has 0 fully saturated rings. The summed E-state index contributed by atoms with van der Waals surface area (Å²) in [5, 5.41) is 20.0. The largest absolute Gasteiger partial charge is 0.380 e. The molecule has 0 aliphatic carbocycles. The van der Waals surface area contributed by atoms with E-state index in [1.807, 2.05) is 6.92 Å². The normalized spacial score (nSPS) is 12.2. The van der Waals surface area contributed by atoms with Crippen LogP contribution in [0.5, 0.6) is 0 Å². The molecule has 6 nitrogen and oxygen atoms in total. The Bertz CT molecular complexity index is 876. The molecule has 25 heavy (non-hydrogen) atoms. The van der Waals surface area contributed by atoms with E-state index in [9.17, 15) is 18.3 Å². The van der Waals surface area contributed by atoms with Gasteiger partial charge in [-0.15, -0.1) is 0 Å². The van der Waals surface area contributed by atoms with Crippen molar-refractivity contribution in [2.75, 3.05) is 5.32 Å². The zero-order chi connectivity index (χ0) is 18.0. The molecule has 130 valence electrons. The number of anilines is 2. The molecule has 1 atom stereocenters. The molecule has 0 bridgehead atoms. The molecule has 0 radical (unpaired) electrons. The smallest absolute Gasteiger partial charge is 0.194 e. The minimum atomic E-state index is -1.60. The second-order valence-corrected chi connectivity index (χ2v) is 5.26. The fourth-order valence-electron chi connectivity index (χ4n) is 2.20. The van der Waals surface area contributed by atoms with Gasteiger partial charge in [0.15, 0.2) is 29.1 Å². The number of rotatable bonds is 5. The van der Waals surface area contributed by atoms with Gasteiger partial charge in [0.05, 0.1) is 0 Å². The lowest BCUT2D eigenvalue weighted by atomic mass is 10.1. The highest BCUT2D eigenvalue weighted by molar-refractivity contribution is 5.51. The van der Waals surface area contributed by atoms with Crippen LogP contribution in [0, 0.1) is 17.5 Å².